The first kappa shape index (κ1) is 14.3. The first-order valence-electron chi connectivity index (χ1n) is 5.73. The van der Waals surface area contributed by atoms with Crippen LogP contribution in [0.3, 0.4) is 0 Å². The molecule has 0 aliphatic heterocycles. The van der Waals surface area contributed by atoms with Crippen molar-refractivity contribution in [1.29, 1.82) is 0 Å². The molecule has 3 heteroatoms. The Morgan fingerprint density at radius 3 is 2.57 bits per heavy atom. The van der Waals surface area contributed by atoms with E-state index in [4.69, 9.17) is 4.74 Å². The lowest BCUT2D eigenvalue weighted by molar-refractivity contribution is 0.128. The number of nitrogens with one attached hydrogen (secondary N) is 1. The van der Waals surface area contributed by atoms with Crippen LogP contribution in [0.4, 0.5) is 0 Å². The zero-order valence-corrected chi connectivity index (χ0v) is 10.7. The predicted molar refractivity (Wildman–Crippen MR) is 66.2 cm³/mol. The monoisotopic (exact) mass is 219 g/mol. The number of hydrogen-bond acceptors (Lipinski definition) is 3. The smallest absolute Gasteiger partial charge is 0.0627 e. The molecule has 0 aromatic rings. The number of ether oxygens (including phenoxy) is 1. The molecule has 1 N–H and O–H groups in total. The van der Waals surface area contributed by atoms with Gasteiger partial charge in [-0.2, -0.15) is 11.8 Å². The first-order chi connectivity index (χ1) is 6.85. The molecule has 1 unspecified atom stereocenters. The third-order valence-electron chi connectivity index (χ3n) is 1.87. The zero-order valence-electron chi connectivity index (χ0n) is 9.84. The standard InChI is InChI=1S/C11H25NOS/c1-4-7-12-11(9-13-6-3)10-14-8-5-2/h11-12H,4-10H2,1-3H3. The Bertz CT molecular complexity index is 103. The van der Waals surface area contributed by atoms with E-state index in [0.717, 1.165) is 19.8 Å². The van der Waals surface area contributed by atoms with Crippen LogP contribution in [0.2, 0.25) is 0 Å². The average molecular weight is 219 g/mol. The molecule has 0 aliphatic carbocycles. The molecule has 0 radical (unpaired) electrons. The Morgan fingerprint density at radius 2 is 2.00 bits per heavy atom. The summed E-state index contributed by atoms with van der Waals surface area (Å²) in [7, 11) is 0. The van der Waals surface area contributed by atoms with Crippen molar-refractivity contribution in [2.75, 3.05) is 31.3 Å². The first-order valence-corrected chi connectivity index (χ1v) is 6.89. The maximum Gasteiger partial charge on any atom is 0.0627 e. The van der Waals surface area contributed by atoms with Crippen molar-refractivity contribution >= 4 is 11.8 Å². The van der Waals surface area contributed by atoms with Gasteiger partial charge < -0.3 is 10.1 Å². The van der Waals surface area contributed by atoms with Gasteiger partial charge in [0.2, 0.25) is 0 Å². The molecule has 0 saturated heterocycles. The average Bonchev–Trinajstić information content (AvgIpc) is 2.21. The van der Waals surface area contributed by atoms with Gasteiger partial charge in [-0.25, -0.2) is 0 Å². The van der Waals surface area contributed by atoms with Crippen molar-refractivity contribution in [2.45, 2.75) is 39.7 Å². The van der Waals surface area contributed by atoms with Crippen LogP contribution in [0, 0.1) is 0 Å². The van der Waals surface area contributed by atoms with Gasteiger partial charge in [0.25, 0.3) is 0 Å². The molecule has 0 aliphatic rings. The van der Waals surface area contributed by atoms with Gasteiger partial charge in [0.1, 0.15) is 0 Å². The van der Waals surface area contributed by atoms with Crippen LogP contribution in [-0.4, -0.2) is 37.3 Å². The van der Waals surface area contributed by atoms with E-state index in [2.05, 4.69) is 26.1 Å². The predicted octanol–water partition coefficient (Wildman–Crippen LogP) is 2.53. The lowest BCUT2D eigenvalue weighted by Gasteiger charge is -2.17. The van der Waals surface area contributed by atoms with Gasteiger partial charge in [-0.3, -0.25) is 0 Å². The van der Waals surface area contributed by atoms with Gasteiger partial charge >= 0.3 is 0 Å². The van der Waals surface area contributed by atoms with E-state index in [1.165, 1.54) is 24.3 Å². The Balaban J connectivity index is 3.49. The van der Waals surface area contributed by atoms with Gasteiger partial charge in [0, 0.05) is 18.4 Å². The van der Waals surface area contributed by atoms with E-state index >= 15 is 0 Å². The third kappa shape index (κ3) is 8.85. The minimum Gasteiger partial charge on any atom is -0.380 e. The van der Waals surface area contributed by atoms with Crippen LogP contribution in [0.1, 0.15) is 33.6 Å². The molecule has 0 fully saturated rings. The molecule has 0 aromatic heterocycles. The second-order valence-electron chi connectivity index (χ2n) is 3.39. The highest BCUT2D eigenvalue weighted by Gasteiger charge is 2.06. The minimum absolute atomic E-state index is 0.534. The maximum absolute atomic E-state index is 5.45. The lowest BCUT2D eigenvalue weighted by atomic mass is 10.3. The highest BCUT2D eigenvalue weighted by atomic mass is 32.2. The quantitative estimate of drug-likeness (QED) is 0.571. The number of rotatable bonds is 10. The summed E-state index contributed by atoms with van der Waals surface area (Å²) >= 11 is 2.02. The number of thioether (sulfide) groups is 1. The lowest BCUT2D eigenvalue weighted by Crippen LogP contribution is -2.36. The molecule has 1 atom stereocenters. The fourth-order valence-electron chi connectivity index (χ4n) is 1.14. The van der Waals surface area contributed by atoms with Gasteiger partial charge in [0.05, 0.1) is 6.61 Å². The summed E-state index contributed by atoms with van der Waals surface area (Å²) in [5.41, 5.74) is 0. The molecule has 0 bridgehead atoms. The van der Waals surface area contributed by atoms with Gasteiger partial charge in [0.15, 0.2) is 0 Å². The minimum atomic E-state index is 0.534. The van der Waals surface area contributed by atoms with Crippen LogP contribution in [0.25, 0.3) is 0 Å². The third-order valence-corrected chi connectivity index (χ3v) is 3.21. The van der Waals surface area contributed by atoms with E-state index in [9.17, 15) is 0 Å². The molecule has 0 amide bonds. The largest absolute Gasteiger partial charge is 0.380 e. The SMILES string of the molecule is CCCNC(COCC)CSCCC. The maximum atomic E-state index is 5.45. The van der Waals surface area contributed by atoms with Crippen LogP contribution >= 0.6 is 11.8 Å². The summed E-state index contributed by atoms with van der Waals surface area (Å²) in [5, 5.41) is 3.52. The van der Waals surface area contributed by atoms with E-state index in [1.54, 1.807) is 0 Å². The van der Waals surface area contributed by atoms with E-state index in [-0.39, 0.29) is 0 Å². The van der Waals surface area contributed by atoms with E-state index in [1.807, 2.05) is 11.8 Å². The van der Waals surface area contributed by atoms with Crippen molar-refractivity contribution in [3.63, 3.8) is 0 Å². The summed E-state index contributed by atoms with van der Waals surface area (Å²) in [6.45, 7) is 9.25. The molecule has 0 rings (SSSR count). The normalized spacial score (nSPS) is 13.1. The summed E-state index contributed by atoms with van der Waals surface area (Å²) in [6, 6.07) is 0.534. The van der Waals surface area contributed by atoms with Crippen molar-refractivity contribution in [2.24, 2.45) is 0 Å². The Kier molecular flexibility index (Phi) is 11.6. The van der Waals surface area contributed by atoms with Crippen molar-refractivity contribution in [3.8, 4) is 0 Å². The van der Waals surface area contributed by atoms with Gasteiger partial charge in [-0.15, -0.1) is 0 Å². The number of hydrogen-bond donors (Lipinski definition) is 1. The highest BCUT2D eigenvalue weighted by molar-refractivity contribution is 7.99. The van der Waals surface area contributed by atoms with Crippen molar-refractivity contribution in [3.05, 3.63) is 0 Å². The van der Waals surface area contributed by atoms with Gasteiger partial charge in [-0.1, -0.05) is 13.8 Å². The van der Waals surface area contributed by atoms with Crippen LogP contribution in [0.15, 0.2) is 0 Å². The zero-order chi connectivity index (χ0) is 10.6. The van der Waals surface area contributed by atoms with E-state index < -0.39 is 0 Å². The van der Waals surface area contributed by atoms with E-state index in [0.29, 0.717) is 6.04 Å². The summed E-state index contributed by atoms with van der Waals surface area (Å²) in [5.74, 6) is 2.43. The second-order valence-corrected chi connectivity index (χ2v) is 4.54. The second kappa shape index (κ2) is 11.3. The van der Waals surface area contributed by atoms with Crippen LogP contribution < -0.4 is 5.32 Å². The molecule has 2 nitrogen and oxygen atoms in total. The highest BCUT2D eigenvalue weighted by Crippen LogP contribution is 2.05. The van der Waals surface area contributed by atoms with Gasteiger partial charge in [-0.05, 0) is 32.1 Å². The Labute approximate surface area is 93.2 Å². The summed E-state index contributed by atoms with van der Waals surface area (Å²) < 4.78 is 5.45. The Morgan fingerprint density at radius 1 is 1.21 bits per heavy atom. The van der Waals surface area contributed by atoms with Crippen molar-refractivity contribution in [1.82, 2.24) is 5.32 Å². The molecule has 0 saturated carbocycles. The molecule has 0 heterocycles. The fraction of sp³-hybridized carbons (Fsp3) is 1.00. The molecule has 0 aromatic carbocycles. The topological polar surface area (TPSA) is 21.3 Å². The fourth-order valence-corrected chi connectivity index (χ4v) is 2.10. The molecule has 0 spiro atoms. The Hall–Kier alpha value is 0.270. The van der Waals surface area contributed by atoms with Crippen LogP contribution in [-0.2, 0) is 4.74 Å². The molecule has 86 valence electrons. The van der Waals surface area contributed by atoms with Crippen molar-refractivity contribution < 1.29 is 4.74 Å². The molecular weight excluding hydrogens is 194 g/mol. The molecular formula is C11H25NOS. The molecule has 14 heavy (non-hydrogen) atoms. The van der Waals surface area contributed by atoms with Crippen LogP contribution in [0.5, 0.6) is 0 Å². The summed E-state index contributed by atoms with van der Waals surface area (Å²) in [6.07, 6.45) is 2.46. The summed E-state index contributed by atoms with van der Waals surface area (Å²) in [4.78, 5) is 0.